The van der Waals surface area contributed by atoms with Crippen LogP contribution in [0.5, 0.6) is 0 Å². The van der Waals surface area contributed by atoms with Crippen LogP contribution in [0.3, 0.4) is 0 Å². The fourth-order valence-electron chi connectivity index (χ4n) is 1.73. The Balaban J connectivity index is 2.44. The third-order valence-corrected chi connectivity index (χ3v) is 2.88. The van der Waals surface area contributed by atoms with E-state index in [4.69, 9.17) is 11.6 Å². The van der Waals surface area contributed by atoms with E-state index < -0.39 is 5.38 Å². The predicted molar refractivity (Wildman–Crippen MR) is 51.4 cm³/mol. The maximum atomic E-state index is 11.5. The Morgan fingerprint density at radius 2 is 2.00 bits per heavy atom. The summed E-state index contributed by atoms with van der Waals surface area (Å²) in [5.41, 5.74) is 0. The van der Waals surface area contributed by atoms with Gasteiger partial charge in [0.15, 0.2) is 5.78 Å². The molecule has 1 unspecified atom stereocenters. The van der Waals surface area contributed by atoms with Crippen LogP contribution in [0.4, 0.5) is 0 Å². The average molecular weight is 187 g/mol. The first-order valence-electron chi connectivity index (χ1n) is 4.56. The van der Waals surface area contributed by atoms with Crippen molar-refractivity contribution < 1.29 is 4.79 Å². The SMILES string of the molecule is C=CC(Cl)C(=O)C1CCCCC1. The van der Waals surface area contributed by atoms with Crippen LogP contribution in [0.2, 0.25) is 0 Å². The van der Waals surface area contributed by atoms with Crippen molar-refractivity contribution in [2.75, 3.05) is 0 Å². The van der Waals surface area contributed by atoms with Gasteiger partial charge in [-0.05, 0) is 12.8 Å². The largest absolute Gasteiger partial charge is 0.297 e. The van der Waals surface area contributed by atoms with Gasteiger partial charge in [0.25, 0.3) is 0 Å². The van der Waals surface area contributed by atoms with Crippen LogP contribution < -0.4 is 0 Å². The van der Waals surface area contributed by atoms with Crippen LogP contribution in [0.15, 0.2) is 12.7 Å². The van der Waals surface area contributed by atoms with E-state index in [9.17, 15) is 4.79 Å². The quantitative estimate of drug-likeness (QED) is 0.489. The maximum absolute atomic E-state index is 11.5. The summed E-state index contributed by atoms with van der Waals surface area (Å²) in [5, 5.41) is -0.465. The van der Waals surface area contributed by atoms with Crippen molar-refractivity contribution in [3.63, 3.8) is 0 Å². The Morgan fingerprint density at radius 3 is 2.50 bits per heavy atom. The minimum Gasteiger partial charge on any atom is -0.297 e. The highest BCUT2D eigenvalue weighted by Crippen LogP contribution is 2.26. The Labute approximate surface area is 78.8 Å². The summed E-state index contributed by atoms with van der Waals surface area (Å²) in [6.07, 6.45) is 7.20. The number of alkyl halides is 1. The lowest BCUT2D eigenvalue weighted by Crippen LogP contribution is -2.24. The number of carbonyl (C=O) groups is 1. The molecule has 1 fully saturated rings. The fraction of sp³-hybridized carbons (Fsp3) is 0.700. The summed E-state index contributed by atoms with van der Waals surface area (Å²) in [7, 11) is 0. The van der Waals surface area contributed by atoms with Crippen LogP contribution in [0.25, 0.3) is 0 Å². The molecule has 1 nitrogen and oxygen atoms in total. The van der Waals surface area contributed by atoms with Crippen molar-refractivity contribution >= 4 is 17.4 Å². The molecule has 0 heterocycles. The van der Waals surface area contributed by atoms with Crippen LogP contribution in [0, 0.1) is 5.92 Å². The average Bonchev–Trinajstić information content (AvgIpc) is 2.17. The lowest BCUT2D eigenvalue weighted by Gasteiger charge is -2.21. The molecule has 0 spiro atoms. The predicted octanol–water partition coefficient (Wildman–Crippen LogP) is 2.93. The minimum absolute atomic E-state index is 0.173. The number of rotatable bonds is 3. The first kappa shape index (κ1) is 9.79. The molecule has 0 aromatic heterocycles. The summed E-state index contributed by atoms with van der Waals surface area (Å²) in [6.45, 7) is 3.52. The van der Waals surface area contributed by atoms with E-state index in [1.807, 2.05) is 0 Å². The second-order valence-corrected chi connectivity index (χ2v) is 3.84. The van der Waals surface area contributed by atoms with Crippen LogP contribution in [-0.2, 0) is 4.79 Å². The lowest BCUT2D eigenvalue weighted by atomic mass is 9.85. The number of Topliss-reactive ketones (excluding diaryl/α,β-unsaturated/α-hetero) is 1. The summed E-state index contributed by atoms with van der Waals surface area (Å²) in [6, 6.07) is 0. The standard InChI is InChI=1S/C10H15ClO/c1-2-9(11)10(12)8-6-4-3-5-7-8/h2,8-9H,1,3-7H2. The van der Waals surface area contributed by atoms with Gasteiger partial charge in [-0.25, -0.2) is 0 Å². The molecule has 1 rings (SSSR count). The fourth-order valence-corrected chi connectivity index (χ4v) is 1.91. The van der Waals surface area contributed by atoms with Crippen molar-refractivity contribution in [3.05, 3.63) is 12.7 Å². The molecule has 0 bridgehead atoms. The topological polar surface area (TPSA) is 17.1 Å². The van der Waals surface area contributed by atoms with E-state index in [-0.39, 0.29) is 11.7 Å². The minimum atomic E-state index is -0.465. The van der Waals surface area contributed by atoms with Crippen LogP contribution >= 0.6 is 11.6 Å². The molecule has 1 saturated carbocycles. The van der Waals surface area contributed by atoms with Gasteiger partial charge in [-0.1, -0.05) is 25.3 Å². The van der Waals surface area contributed by atoms with Crippen molar-refractivity contribution in [2.45, 2.75) is 37.5 Å². The van der Waals surface area contributed by atoms with Gasteiger partial charge in [0.05, 0.1) is 0 Å². The van der Waals surface area contributed by atoms with Gasteiger partial charge in [-0.3, -0.25) is 4.79 Å². The van der Waals surface area contributed by atoms with Gasteiger partial charge in [0, 0.05) is 5.92 Å². The molecule has 0 aromatic rings. The van der Waals surface area contributed by atoms with Crippen LogP contribution in [0.1, 0.15) is 32.1 Å². The third-order valence-electron chi connectivity index (χ3n) is 2.49. The van der Waals surface area contributed by atoms with Crippen LogP contribution in [-0.4, -0.2) is 11.2 Å². The Hall–Kier alpha value is -0.300. The highest BCUT2D eigenvalue weighted by molar-refractivity contribution is 6.32. The van der Waals surface area contributed by atoms with E-state index >= 15 is 0 Å². The van der Waals surface area contributed by atoms with Gasteiger partial charge >= 0.3 is 0 Å². The van der Waals surface area contributed by atoms with Gasteiger partial charge < -0.3 is 0 Å². The zero-order chi connectivity index (χ0) is 8.97. The number of halogens is 1. The van der Waals surface area contributed by atoms with Crippen molar-refractivity contribution in [3.8, 4) is 0 Å². The molecule has 0 amide bonds. The highest BCUT2D eigenvalue weighted by Gasteiger charge is 2.24. The van der Waals surface area contributed by atoms with Gasteiger partial charge in [0.1, 0.15) is 5.38 Å². The Morgan fingerprint density at radius 1 is 1.42 bits per heavy atom. The Bertz CT molecular complexity index is 171. The number of hydrogen-bond acceptors (Lipinski definition) is 1. The molecule has 0 aliphatic heterocycles. The van der Waals surface area contributed by atoms with E-state index in [1.54, 1.807) is 0 Å². The second-order valence-electron chi connectivity index (χ2n) is 3.37. The number of allylic oxidation sites excluding steroid dienone is 1. The molecule has 0 N–H and O–H groups in total. The van der Waals surface area contributed by atoms with E-state index in [1.165, 1.54) is 25.3 Å². The number of hydrogen-bond donors (Lipinski definition) is 0. The first-order valence-corrected chi connectivity index (χ1v) is 4.99. The molecule has 1 aliphatic carbocycles. The summed E-state index contributed by atoms with van der Waals surface area (Å²) >= 11 is 5.78. The summed E-state index contributed by atoms with van der Waals surface area (Å²) in [5.74, 6) is 0.380. The molecule has 12 heavy (non-hydrogen) atoms. The van der Waals surface area contributed by atoms with E-state index in [2.05, 4.69) is 6.58 Å². The molecule has 2 heteroatoms. The smallest absolute Gasteiger partial charge is 0.157 e. The van der Waals surface area contributed by atoms with Gasteiger partial charge in [-0.2, -0.15) is 0 Å². The number of carbonyl (C=O) groups excluding carboxylic acids is 1. The summed E-state index contributed by atoms with van der Waals surface area (Å²) in [4.78, 5) is 11.5. The van der Waals surface area contributed by atoms with Crippen molar-refractivity contribution in [1.29, 1.82) is 0 Å². The van der Waals surface area contributed by atoms with Gasteiger partial charge in [0.2, 0.25) is 0 Å². The molecular formula is C10H15ClO. The monoisotopic (exact) mass is 186 g/mol. The van der Waals surface area contributed by atoms with Crippen molar-refractivity contribution in [2.24, 2.45) is 5.92 Å². The molecule has 0 aromatic carbocycles. The zero-order valence-corrected chi connectivity index (χ0v) is 8.02. The second kappa shape index (κ2) is 4.66. The number of ketones is 1. The third kappa shape index (κ3) is 2.34. The Kier molecular flexibility index (Phi) is 3.80. The maximum Gasteiger partial charge on any atom is 0.157 e. The molecule has 1 aliphatic rings. The molecule has 1 atom stereocenters. The van der Waals surface area contributed by atoms with Gasteiger partial charge in [-0.15, -0.1) is 18.2 Å². The normalized spacial score (nSPS) is 21.8. The highest BCUT2D eigenvalue weighted by atomic mass is 35.5. The van der Waals surface area contributed by atoms with Crippen molar-refractivity contribution in [1.82, 2.24) is 0 Å². The first-order chi connectivity index (χ1) is 5.75. The molecule has 0 radical (unpaired) electrons. The molecular weight excluding hydrogens is 172 g/mol. The molecule has 0 saturated heterocycles. The summed E-state index contributed by atoms with van der Waals surface area (Å²) < 4.78 is 0. The van der Waals surface area contributed by atoms with E-state index in [0.717, 1.165) is 12.8 Å². The molecule has 68 valence electrons. The van der Waals surface area contributed by atoms with E-state index in [0.29, 0.717) is 0 Å². The lowest BCUT2D eigenvalue weighted by molar-refractivity contribution is -0.122. The zero-order valence-electron chi connectivity index (χ0n) is 7.26.